The fourth-order valence-electron chi connectivity index (χ4n) is 4.87. The molecular weight excluding hydrogens is 338 g/mol. The molecule has 0 unspecified atom stereocenters. The van der Waals surface area contributed by atoms with Crippen LogP contribution < -0.4 is 4.74 Å². The lowest BCUT2D eigenvalue weighted by molar-refractivity contribution is -0.115. The Labute approximate surface area is 160 Å². The molecule has 0 spiro atoms. The van der Waals surface area contributed by atoms with E-state index < -0.39 is 5.60 Å². The van der Waals surface area contributed by atoms with Gasteiger partial charge in [0.2, 0.25) is 0 Å². The molecule has 2 fully saturated rings. The van der Waals surface area contributed by atoms with Crippen LogP contribution in [0.2, 0.25) is 0 Å². The lowest BCUT2D eigenvalue weighted by atomic mass is 9.66. The number of amides is 1. The zero-order valence-corrected chi connectivity index (χ0v) is 15.8. The topological polar surface area (TPSA) is 49.8 Å². The predicted octanol–water partition coefficient (Wildman–Crippen LogP) is 4.20. The minimum absolute atomic E-state index is 0.0454. The number of piperidine rings is 1. The highest BCUT2D eigenvalue weighted by Gasteiger charge is 2.50. The number of nitrogens with zero attached hydrogens (tertiary/aromatic N) is 1. The number of benzene rings is 2. The first-order chi connectivity index (χ1) is 13.1. The monoisotopic (exact) mass is 365 g/mol. The van der Waals surface area contributed by atoms with Crippen LogP contribution in [0.15, 0.2) is 54.6 Å². The highest BCUT2D eigenvalue weighted by Crippen LogP contribution is 2.49. The Kier molecular flexibility index (Phi) is 4.92. The Hall–Kier alpha value is -2.33. The zero-order valence-electron chi connectivity index (χ0n) is 15.8. The highest BCUT2D eigenvalue weighted by atomic mass is 16.5. The SMILES string of the molecule is COc1ccc([C@H]2[C@H]3CCCC[C@@]3(O)CCN2C(=O)c2ccccc2)cc1. The molecular formula is C23H27NO3. The Bertz CT molecular complexity index is 789. The van der Waals surface area contributed by atoms with E-state index in [-0.39, 0.29) is 17.9 Å². The zero-order chi connectivity index (χ0) is 18.9. The molecule has 0 bridgehead atoms. The van der Waals surface area contributed by atoms with E-state index in [1.807, 2.05) is 59.5 Å². The number of ether oxygens (including phenoxy) is 1. The largest absolute Gasteiger partial charge is 0.497 e. The van der Waals surface area contributed by atoms with E-state index in [2.05, 4.69) is 0 Å². The van der Waals surface area contributed by atoms with Crippen LogP contribution in [-0.2, 0) is 0 Å². The third-order valence-electron chi connectivity index (χ3n) is 6.31. The number of rotatable bonds is 3. The van der Waals surface area contributed by atoms with Gasteiger partial charge in [-0.2, -0.15) is 0 Å². The number of hydrogen-bond acceptors (Lipinski definition) is 3. The van der Waals surface area contributed by atoms with Gasteiger partial charge < -0.3 is 14.7 Å². The molecule has 0 aromatic heterocycles. The molecule has 1 aliphatic carbocycles. The lowest BCUT2D eigenvalue weighted by Crippen LogP contribution is -2.56. The summed E-state index contributed by atoms with van der Waals surface area (Å²) in [6.07, 6.45) is 4.61. The van der Waals surface area contributed by atoms with Crippen molar-refractivity contribution in [2.75, 3.05) is 13.7 Å². The normalized spacial score (nSPS) is 27.7. The van der Waals surface area contributed by atoms with E-state index in [1.165, 1.54) is 0 Å². The van der Waals surface area contributed by atoms with Crippen molar-refractivity contribution in [3.8, 4) is 5.75 Å². The first kappa shape index (κ1) is 18.1. The summed E-state index contributed by atoms with van der Waals surface area (Å²) in [6.45, 7) is 0.581. The number of carbonyl (C=O) groups excluding carboxylic acids is 1. The molecule has 0 radical (unpaired) electrons. The van der Waals surface area contributed by atoms with Gasteiger partial charge in [-0.3, -0.25) is 4.79 Å². The smallest absolute Gasteiger partial charge is 0.254 e. The summed E-state index contributed by atoms with van der Waals surface area (Å²) in [5, 5.41) is 11.3. The molecule has 1 amide bonds. The van der Waals surface area contributed by atoms with Gasteiger partial charge in [-0.05, 0) is 49.1 Å². The van der Waals surface area contributed by atoms with Crippen molar-refractivity contribution >= 4 is 5.91 Å². The predicted molar refractivity (Wildman–Crippen MR) is 105 cm³/mol. The molecule has 2 aliphatic rings. The molecule has 2 aromatic carbocycles. The van der Waals surface area contributed by atoms with Gasteiger partial charge in [-0.1, -0.05) is 43.2 Å². The standard InChI is InChI=1S/C23H27NO3/c1-27-19-12-10-17(11-13-19)21-20-9-5-6-14-23(20,26)15-16-24(21)22(25)18-7-3-2-4-8-18/h2-4,7-8,10-13,20-21,26H,5-6,9,14-16H2,1H3/t20-,21+,23-/m1/s1. The van der Waals surface area contributed by atoms with Crippen molar-refractivity contribution in [1.82, 2.24) is 4.90 Å². The quantitative estimate of drug-likeness (QED) is 0.887. The second-order valence-corrected chi connectivity index (χ2v) is 7.79. The van der Waals surface area contributed by atoms with Crippen molar-refractivity contribution in [3.05, 3.63) is 65.7 Å². The molecule has 4 rings (SSSR count). The number of likely N-dealkylation sites (tertiary alicyclic amines) is 1. The minimum Gasteiger partial charge on any atom is -0.497 e. The second kappa shape index (κ2) is 7.35. The molecule has 1 aliphatic heterocycles. The van der Waals surface area contributed by atoms with Gasteiger partial charge >= 0.3 is 0 Å². The Morgan fingerprint density at radius 3 is 2.52 bits per heavy atom. The lowest BCUT2D eigenvalue weighted by Gasteiger charge is -2.52. The van der Waals surface area contributed by atoms with Crippen LogP contribution in [0.5, 0.6) is 5.75 Å². The summed E-state index contributed by atoms with van der Waals surface area (Å²) in [5.41, 5.74) is 1.11. The van der Waals surface area contributed by atoms with E-state index in [4.69, 9.17) is 4.74 Å². The molecule has 1 N–H and O–H groups in total. The molecule has 2 aromatic rings. The Morgan fingerprint density at radius 1 is 1.07 bits per heavy atom. The van der Waals surface area contributed by atoms with Gasteiger partial charge in [-0.25, -0.2) is 0 Å². The van der Waals surface area contributed by atoms with Crippen LogP contribution in [0.4, 0.5) is 0 Å². The summed E-state index contributed by atoms with van der Waals surface area (Å²) < 4.78 is 5.30. The first-order valence-electron chi connectivity index (χ1n) is 9.85. The minimum atomic E-state index is -0.670. The number of hydrogen-bond donors (Lipinski definition) is 1. The second-order valence-electron chi connectivity index (χ2n) is 7.79. The number of methoxy groups -OCH3 is 1. The average molecular weight is 365 g/mol. The van der Waals surface area contributed by atoms with Gasteiger partial charge in [0, 0.05) is 18.0 Å². The molecule has 1 saturated carbocycles. The maximum absolute atomic E-state index is 13.3. The Morgan fingerprint density at radius 2 is 1.81 bits per heavy atom. The summed E-state index contributed by atoms with van der Waals surface area (Å²) >= 11 is 0. The van der Waals surface area contributed by atoms with Gasteiger partial charge in [0.05, 0.1) is 18.8 Å². The van der Waals surface area contributed by atoms with Crippen LogP contribution in [0.1, 0.15) is 54.1 Å². The molecule has 3 atom stereocenters. The summed E-state index contributed by atoms with van der Waals surface area (Å²) in [4.78, 5) is 15.3. The molecule has 1 heterocycles. The van der Waals surface area contributed by atoms with Crippen LogP contribution >= 0.6 is 0 Å². The van der Waals surface area contributed by atoms with Crippen LogP contribution in [0.3, 0.4) is 0 Å². The van der Waals surface area contributed by atoms with E-state index in [9.17, 15) is 9.90 Å². The average Bonchev–Trinajstić information content (AvgIpc) is 2.73. The van der Waals surface area contributed by atoms with Gasteiger partial charge in [0.25, 0.3) is 5.91 Å². The van der Waals surface area contributed by atoms with Crippen molar-refractivity contribution in [2.24, 2.45) is 5.92 Å². The van der Waals surface area contributed by atoms with E-state index in [0.717, 1.165) is 37.0 Å². The van der Waals surface area contributed by atoms with E-state index in [1.54, 1.807) is 7.11 Å². The molecule has 4 nitrogen and oxygen atoms in total. The fraction of sp³-hybridized carbons (Fsp3) is 0.435. The molecule has 4 heteroatoms. The maximum Gasteiger partial charge on any atom is 0.254 e. The Balaban J connectivity index is 1.73. The third-order valence-corrected chi connectivity index (χ3v) is 6.31. The number of fused-ring (bicyclic) bond motifs is 1. The maximum atomic E-state index is 13.3. The molecule has 27 heavy (non-hydrogen) atoms. The van der Waals surface area contributed by atoms with E-state index in [0.29, 0.717) is 18.5 Å². The highest BCUT2D eigenvalue weighted by molar-refractivity contribution is 5.94. The van der Waals surface area contributed by atoms with Crippen molar-refractivity contribution in [1.29, 1.82) is 0 Å². The van der Waals surface area contributed by atoms with Crippen LogP contribution in [0.25, 0.3) is 0 Å². The fourth-order valence-corrected chi connectivity index (χ4v) is 4.87. The van der Waals surface area contributed by atoms with Crippen molar-refractivity contribution in [2.45, 2.75) is 43.7 Å². The number of carbonyl (C=O) groups is 1. The summed E-state index contributed by atoms with van der Waals surface area (Å²) in [6, 6.07) is 17.3. The van der Waals surface area contributed by atoms with Crippen LogP contribution in [-0.4, -0.2) is 35.2 Å². The van der Waals surface area contributed by atoms with E-state index >= 15 is 0 Å². The van der Waals surface area contributed by atoms with Gasteiger partial charge in [0.15, 0.2) is 0 Å². The van der Waals surface area contributed by atoms with Crippen molar-refractivity contribution < 1.29 is 14.6 Å². The van der Waals surface area contributed by atoms with Gasteiger partial charge in [-0.15, -0.1) is 0 Å². The van der Waals surface area contributed by atoms with Crippen molar-refractivity contribution in [3.63, 3.8) is 0 Å². The number of aliphatic hydroxyl groups is 1. The summed E-state index contributed by atoms with van der Waals surface area (Å²) in [7, 11) is 1.65. The molecule has 1 saturated heterocycles. The summed E-state index contributed by atoms with van der Waals surface area (Å²) in [5.74, 6) is 0.916. The first-order valence-corrected chi connectivity index (χ1v) is 9.85. The molecule has 142 valence electrons. The van der Waals surface area contributed by atoms with Gasteiger partial charge in [0.1, 0.15) is 5.75 Å². The van der Waals surface area contributed by atoms with Crippen LogP contribution in [0, 0.1) is 5.92 Å². The third kappa shape index (κ3) is 3.34.